The minimum Gasteiger partial charge on any atom is -0.480 e. The van der Waals surface area contributed by atoms with Gasteiger partial charge in [0.15, 0.2) is 6.61 Å². The number of rotatable bonds is 4. The molecule has 0 unspecified atom stereocenters. The zero-order valence-corrected chi connectivity index (χ0v) is 15.0. The number of carbonyl (C=O) groups is 2. The van der Waals surface area contributed by atoms with Crippen LogP contribution in [0.5, 0.6) is 5.75 Å². The number of carboxylic acid groups (broad SMARTS) is 1. The van der Waals surface area contributed by atoms with E-state index in [2.05, 4.69) is 37.2 Å². The molecule has 1 amide bonds. The van der Waals surface area contributed by atoms with Gasteiger partial charge >= 0.3 is 5.97 Å². The minimum atomic E-state index is -1.09. The first kappa shape index (κ1) is 16.5. The molecule has 0 spiro atoms. The summed E-state index contributed by atoms with van der Waals surface area (Å²) in [5.41, 5.74) is 0.569. The number of carbonyl (C=O) groups excluding carboxylic acids is 1. The van der Waals surface area contributed by atoms with Crippen LogP contribution in [0, 0.1) is 0 Å². The van der Waals surface area contributed by atoms with Crippen LogP contribution in [0.2, 0.25) is 0 Å². The fourth-order valence-corrected chi connectivity index (χ4v) is 3.94. The lowest BCUT2D eigenvalue weighted by atomic mass is 10.2. The van der Waals surface area contributed by atoms with Gasteiger partial charge in [0.25, 0.3) is 5.91 Å². The summed E-state index contributed by atoms with van der Waals surface area (Å²) in [5, 5.41) is 11.2. The molecule has 2 N–H and O–H groups in total. The van der Waals surface area contributed by atoms with Gasteiger partial charge in [0.2, 0.25) is 0 Å². The van der Waals surface area contributed by atoms with E-state index in [0.29, 0.717) is 25.0 Å². The summed E-state index contributed by atoms with van der Waals surface area (Å²) in [7, 11) is 0. The molecule has 0 aromatic heterocycles. The largest absolute Gasteiger partial charge is 0.480 e. The fraction of sp³-hybridized carbons (Fsp3) is 0.0833. The molecule has 1 aliphatic rings. The van der Waals surface area contributed by atoms with Gasteiger partial charge in [0.1, 0.15) is 10.1 Å². The Morgan fingerprint density at radius 1 is 1.48 bits per heavy atom. The number of thioether (sulfide) groups is 1. The second-order valence-electron chi connectivity index (χ2n) is 3.84. The van der Waals surface area contributed by atoms with E-state index in [0.717, 1.165) is 16.2 Å². The molecular weight excluding hydrogens is 446 g/mol. The van der Waals surface area contributed by atoms with E-state index in [4.69, 9.17) is 22.1 Å². The summed E-state index contributed by atoms with van der Waals surface area (Å²) in [6.45, 7) is -0.478. The Morgan fingerprint density at radius 2 is 2.19 bits per heavy atom. The molecule has 0 aliphatic carbocycles. The van der Waals surface area contributed by atoms with E-state index in [1.165, 1.54) is 0 Å². The number of carboxylic acids is 1. The molecule has 0 radical (unpaired) electrons. The Hall–Kier alpha value is -0.900. The number of nitrogens with one attached hydrogen (secondary N) is 1. The number of benzene rings is 1. The topological polar surface area (TPSA) is 75.6 Å². The second kappa shape index (κ2) is 6.91. The molecule has 1 heterocycles. The molecule has 1 fully saturated rings. The highest BCUT2D eigenvalue weighted by molar-refractivity contribution is 9.11. The molecule has 2 rings (SSSR count). The summed E-state index contributed by atoms with van der Waals surface area (Å²) in [5.74, 6) is -1.03. The molecule has 1 saturated heterocycles. The average Bonchev–Trinajstić information content (AvgIpc) is 2.66. The summed E-state index contributed by atoms with van der Waals surface area (Å²) < 4.78 is 6.99. The molecule has 9 heteroatoms. The molecule has 5 nitrogen and oxygen atoms in total. The van der Waals surface area contributed by atoms with Crippen LogP contribution in [0.25, 0.3) is 6.08 Å². The SMILES string of the molecule is O=C(O)COc1c(Br)cc(Br)cc1/C=C1\SC(=S)NC1=O. The van der Waals surface area contributed by atoms with Crippen LogP contribution in [-0.4, -0.2) is 27.9 Å². The third-order valence-corrected chi connectivity index (χ3v) is 4.52. The van der Waals surface area contributed by atoms with Gasteiger partial charge in [-0.05, 0) is 34.1 Å². The van der Waals surface area contributed by atoms with Crippen molar-refractivity contribution < 1.29 is 19.4 Å². The predicted molar refractivity (Wildman–Crippen MR) is 91.3 cm³/mol. The van der Waals surface area contributed by atoms with Crippen LogP contribution in [0.1, 0.15) is 5.56 Å². The van der Waals surface area contributed by atoms with Crippen molar-refractivity contribution in [1.82, 2.24) is 5.32 Å². The van der Waals surface area contributed by atoms with Crippen molar-refractivity contribution in [2.75, 3.05) is 6.61 Å². The van der Waals surface area contributed by atoms with Crippen molar-refractivity contribution in [3.63, 3.8) is 0 Å². The summed E-state index contributed by atoms with van der Waals surface area (Å²) >= 11 is 12.7. The maximum atomic E-state index is 11.7. The Labute approximate surface area is 146 Å². The van der Waals surface area contributed by atoms with Crippen molar-refractivity contribution in [2.24, 2.45) is 0 Å². The van der Waals surface area contributed by atoms with E-state index in [1.54, 1.807) is 18.2 Å². The van der Waals surface area contributed by atoms with Crippen LogP contribution in [0.15, 0.2) is 26.0 Å². The van der Waals surface area contributed by atoms with E-state index >= 15 is 0 Å². The lowest BCUT2D eigenvalue weighted by molar-refractivity contribution is -0.139. The van der Waals surface area contributed by atoms with Gasteiger partial charge < -0.3 is 15.2 Å². The first-order valence-electron chi connectivity index (χ1n) is 5.45. The highest BCUT2D eigenvalue weighted by atomic mass is 79.9. The average molecular weight is 453 g/mol. The van der Waals surface area contributed by atoms with Crippen LogP contribution < -0.4 is 10.1 Å². The van der Waals surface area contributed by atoms with Crippen molar-refractivity contribution in [1.29, 1.82) is 0 Å². The molecule has 1 aliphatic heterocycles. The zero-order chi connectivity index (χ0) is 15.6. The molecular formula is C12H7Br2NO4S2. The Kier molecular flexibility index (Phi) is 5.42. The molecule has 21 heavy (non-hydrogen) atoms. The van der Waals surface area contributed by atoms with Crippen LogP contribution >= 0.6 is 55.8 Å². The fourth-order valence-electron chi connectivity index (χ4n) is 1.54. The second-order valence-corrected chi connectivity index (χ2v) is 7.33. The first-order valence-corrected chi connectivity index (χ1v) is 8.26. The van der Waals surface area contributed by atoms with Gasteiger partial charge in [0.05, 0.1) is 9.38 Å². The maximum absolute atomic E-state index is 11.7. The molecule has 1 aromatic carbocycles. The summed E-state index contributed by atoms with van der Waals surface area (Å²) in [4.78, 5) is 22.8. The Bertz CT molecular complexity index is 675. The number of thiocarbonyl (C=S) groups is 1. The van der Waals surface area contributed by atoms with E-state index in [9.17, 15) is 9.59 Å². The van der Waals surface area contributed by atoms with Crippen LogP contribution in [-0.2, 0) is 9.59 Å². The van der Waals surface area contributed by atoms with Gasteiger partial charge in [-0.25, -0.2) is 4.79 Å². The summed E-state index contributed by atoms with van der Waals surface area (Å²) in [6, 6.07) is 3.45. The molecule has 0 atom stereocenters. The Morgan fingerprint density at radius 3 is 2.76 bits per heavy atom. The number of aliphatic carboxylic acids is 1. The molecule has 0 bridgehead atoms. The number of hydrogen-bond donors (Lipinski definition) is 2. The van der Waals surface area contributed by atoms with Crippen LogP contribution in [0.3, 0.4) is 0 Å². The molecule has 1 aromatic rings. The van der Waals surface area contributed by atoms with E-state index in [1.807, 2.05) is 0 Å². The lowest BCUT2D eigenvalue weighted by Crippen LogP contribution is -2.17. The number of halogens is 2. The zero-order valence-electron chi connectivity index (χ0n) is 10.2. The van der Waals surface area contributed by atoms with Gasteiger partial charge in [-0.15, -0.1) is 0 Å². The highest BCUT2D eigenvalue weighted by Crippen LogP contribution is 2.36. The van der Waals surface area contributed by atoms with Gasteiger partial charge in [0, 0.05) is 10.0 Å². The number of ether oxygens (including phenoxy) is 1. The third kappa shape index (κ3) is 4.29. The molecule has 110 valence electrons. The minimum absolute atomic E-state index is 0.287. The van der Waals surface area contributed by atoms with Gasteiger partial charge in [-0.3, -0.25) is 4.79 Å². The van der Waals surface area contributed by atoms with Crippen molar-refractivity contribution in [3.8, 4) is 5.75 Å². The maximum Gasteiger partial charge on any atom is 0.341 e. The molecule has 0 saturated carbocycles. The van der Waals surface area contributed by atoms with Crippen molar-refractivity contribution >= 4 is 78.1 Å². The van der Waals surface area contributed by atoms with Crippen molar-refractivity contribution in [3.05, 3.63) is 31.5 Å². The quantitative estimate of drug-likeness (QED) is 0.539. The first-order chi connectivity index (χ1) is 9.86. The highest BCUT2D eigenvalue weighted by Gasteiger charge is 2.23. The van der Waals surface area contributed by atoms with Crippen molar-refractivity contribution in [2.45, 2.75) is 0 Å². The predicted octanol–water partition coefficient (Wildman–Crippen LogP) is 3.16. The monoisotopic (exact) mass is 451 g/mol. The Balaban J connectivity index is 2.41. The number of amides is 1. The normalized spacial score (nSPS) is 16.2. The number of hydrogen-bond acceptors (Lipinski definition) is 5. The van der Waals surface area contributed by atoms with Gasteiger partial charge in [-0.2, -0.15) is 0 Å². The standard InChI is InChI=1S/C12H7Br2NO4S2/c13-6-1-5(2-8-11(18)15-12(20)21-8)10(7(14)3-6)19-4-9(16)17/h1-3H,4H2,(H,16,17)(H,15,18,20)/b8-2-. The van der Waals surface area contributed by atoms with Crippen LogP contribution in [0.4, 0.5) is 0 Å². The lowest BCUT2D eigenvalue weighted by Gasteiger charge is -2.10. The van der Waals surface area contributed by atoms with Gasteiger partial charge in [-0.1, -0.05) is 39.9 Å². The smallest absolute Gasteiger partial charge is 0.341 e. The third-order valence-electron chi connectivity index (χ3n) is 2.31. The van der Waals surface area contributed by atoms with E-state index < -0.39 is 12.6 Å². The van der Waals surface area contributed by atoms with E-state index in [-0.39, 0.29) is 5.91 Å². The summed E-state index contributed by atoms with van der Waals surface area (Å²) in [6.07, 6.45) is 1.60.